The number of nitrogens with zero attached hydrogens (tertiary/aromatic N) is 4. The summed E-state index contributed by atoms with van der Waals surface area (Å²) in [4.78, 5) is 12.9. The molecule has 1 saturated heterocycles. The van der Waals surface area contributed by atoms with E-state index in [1.165, 1.54) is 28.2 Å². The van der Waals surface area contributed by atoms with Crippen molar-refractivity contribution in [1.29, 1.82) is 0 Å². The molecule has 1 fully saturated rings. The molecule has 12 heteroatoms. The molecule has 1 aliphatic heterocycles. The van der Waals surface area contributed by atoms with Crippen LogP contribution in [0.2, 0.25) is 0 Å². The van der Waals surface area contributed by atoms with Crippen LogP contribution in [0.1, 0.15) is 12.7 Å². The molecule has 0 bridgehead atoms. The number of furan rings is 1. The Morgan fingerprint density at radius 1 is 1.15 bits per heavy atom. The van der Waals surface area contributed by atoms with Gasteiger partial charge in [-0.1, -0.05) is 11.8 Å². The largest absolute Gasteiger partial charge is 0.469 e. The van der Waals surface area contributed by atoms with Crippen molar-refractivity contribution >= 4 is 33.4 Å². The zero-order chi connectivity index (χ0) is 23.6. The molecule has 1 aliphatic rings. The van der Waals surface area contributed by atoms with Gasteiger partial charge in [-0.3, -0.25) is 4.79 Å². The van der Waals surface area contributed by atoms with E-state index >= 15 is 0 Å². The molecular formula is C21H25N5O5S2. The minimum atomic E-state index is -3.58. The van der Waals surface area contributed by atoms with Gasteiger partial charge in [-0.05, 0) is 44.2 Å². The maximum atomic E-state index is 12.7. The zero-order valence-electron chi connectivity index (χ0n) is 18.5. The number of hydrogen-bond donors (Lipinski definition) is 1. The highest BCUT2D eigenvalue weighted by Crippen LogP contribution is 2.28. The second-order valence-corrected chi connectivity index (χ2v) is 10.8. The smallest absolute Gasteiger partial charge is 0.243 e. The van der Waals surface area contributed by atoms with Crippen LogP contribution < -0.4 is 5.32 Å². The van der Waals surface area contributed by atoms with E-state index in [9.17, 15) is 13.2 Å². The highest BCUT2D eigenvalue weighted by molar-refractivity contribution is 8.00. The van der Waals surface area contributed by atoms with Gasteiger partial charge in [-0.25, -0.2) is 8.42 Å². The minimum absolute atomic E-state index is 0.186. The fourth-order valence-electron chi connectivity index (χ4n) is 3.37. The third-order valence-electron chi connectivity index (χ3n) is 5.32. The number of sulfonamides is 1. The quantitative estimate of drug-likeness (QED) is 0.501. The van der Waals surface area contributed by atoms with E-state index in [1.807, 2.05) is 24.6 Å². The second-order valence-electron chi connectivity index (χ2n) is 7.55. The number of morpholine rings is 1. The lowest BCUT2D eigenvalue weighted by Crippen LogP contribution is -2.40. The van der Waals surface area contributed by atoms with Crippen LogP contribution in [0.4, 0.5) is 5.69 Å². The minimum Gasteiger partial charge on any atom is -0.469 e. The average Bonchev–Trinajstić information content (AvgIpc) is 3.39. The molecule has 176 valence electrons. The molecule has 3 heterocycles. The number of ether oxygens (including phenoxy) is 1. The number of benzene rings is 1. The predicted octanol–water partition coefficient (Wildman–Crippen LogP) is 2.52. The molecule has 0 unspecified atom stereocenters. The first kappa shape index (κ1) is 23.5. The van der Waals surface area contributed by atoms with Crippen LogP contribution in [0.15, 0.2) is 51.1 Å². The SMILES string of the molecule is Cc1occc1-c1nnc(S[C@@H](C)C(=O)Nc2ccc(S(=O)(=O)N3CCOCC3)cc2)n1C. The summed E-state index contributed by atoms with van der Waals surface area (Å²) in [5.41, 5.74) is 1.36. The monoisotopic (exact) mass is 491 g/mol. The van der Waals surface area contributed by atoms with Crippen LogP contribution in [0.25, 0.3) is 11.4 Å². The standard InChI is InChI=1S/C21H25N5O5S2/c1-14-18(8-11-31-14)19-23-24-21(25(19)3)32-15(2)20(27)22-16-4-6-17(7-5-16)33(28,29)26-9-12-30-13-10-26/h4-8,11,15H,9-10,12-13H2,1-3H3,(H,22,27)/t15-/m0/s1. The van der Waals surface area contributed by atoms with E-state index in [-0.39, 0.29) is 10.8 Å². The van der Waals surface area contributed by atoms with Crippen molar-refractivity contribution in [2.24, 2.45) is 7.05 Å². The number of aromatic nitrogens is 3. The number of thioether (sulfide) groups is 1. The normalized spacial score (nSPS) is 16.0. The highest BCUT2D eigenvalue weighted by Gasteiger charge is 2.26. The van der Waals surface area contributed by atoms with Gasteiger partial charge in [0.2, 0.25) is 15.9 Å². The maximum absolute atomic E-state index is 12.7. The number of anilines is 1. The number of nitrogens with one attached hydrogen (secondary N) is 1. The first-order chi connectivity index (χ1) is 15.8. The number of carbonyl (C=O) groups is 1. The fraction of sp³-hybridized carbons (Fsp3) is 0.381. The summed E-state index contributed by atoms with van der Waals surface area (Å²) < 4.78 is 39.2. The average molecular weight is 492 g/mol. The number of amides is 1. The Bertz CT molecular complexity index is 1230. The maximum Gasteiger partial charge on any atom is 0.243 e. The summed E-state index contributed by atoms with van der Waals surface area (Å²) in [5, 5.41) is 11.4. The van der Waals surface area contributed by atoms with Gasteiger partial charge in [-0.2, -0.15) is 4.31 Å². The van der Waals surface area contributed by atoms with Gasteiger partial charge in [0.05, 0.1) is 35.2 Å². The Morgan fingerprint density at radius 2 is 1.85 bits per heavy atom. The van der Waals surface area contributed by atoms with Crippen molar-refractivity contribution in [3.8, 4) is 11.4 Å². The van der Waals surface area contributed by atoms with Crippen molar-refractivity contribution in [3.63, 3.8) is 0 Å². The Kier molecular flexibility index (Phi) is 6.88. The molecule has 1 amide bonds. The number of hydrogen-bond acceptors (Lipinski definition) is 8. The van der Waals surface area contributed by atoms with Gasteiger partial charge in [-0.15, -0.1) is 10.2 Å². The Labute approximate surface area is 196 Å². The summed E-state index contributed by atoms with van der Waals surface area (Å²) >= 11 is 1.28. The summed E-state index contributed by atoms with van der Waals surface area (Å²) in [6, 6.07) is 8.00. The van der Waals surface area contributed by atoms with Crippen molar-refractivity contribution in [1.82, 2.24) is 19.1 Å². The van der Waals surface area contributed by atoms with Gasteiger partial charge in [0.1, 0.15) is 5.76 Å². The van der Waals surface area contributed by atoms with Crippen LogP contribution in [0.5, 0.6) is 0 Å². The lowest BCUT2D eigenvalue weighted by atomic mass is 10.2. The number of rotatable bonds is 7. The summed E-state index contributed by atoms with van der Waals surface area (Å²) in [7, 11) is -1.74. The molecule has 10 nitrogen and oxygen atoms in total. The van der Waals surface area contributed by atoms with Gasteiger partial charge >= 0.3 is 0 Å². The van der Waals surface area contributed by atoms with Crippen LogP contribution in [0.3, 0.4) is 0 Å². The third kappa shape index (κ3) is 4.98. The van der Waals surface area contributed by atoms with Crippen molar-refractivity contribution < 1.29 is 22.4 Å². The Balaban J connectivity index is 1.39. The Hall–Kier alpha value is -2.67. The molecule has 0 radical (unpaired) electrons. The van der Waals surface area contributed by atoms with Gasteiger partial charge in [0.15, 0.2) is 11.0 Å². The van der Waals surface area contributed by atoms with E-state index in [4.69, 9.17) is 9.15 Å². The first-order valence-electron chi connectivity index (χ1n) is 10.4. The number of aryl methyl sites for hydroxylation is 1. The second kappa shape index (κ2) is 9.67. The van der Waals surface area contributed by atoms with Gasteiger partial charge in [0, 0.05) is 25.8 Å². The van der Waals surface area contributed by atoms with E-state index in [0.717, 1.165) is 11.3 Å². The highest BCUT2D eigenvalue weighted by atomic mass is 32.2. The molecule has 0 aliphatic carbocycles. The van der Waals surface area contributed by atoms with Crippen LogP contribution >= 0.6 is 11.8 Å². The molecule has 4 rings (SSSR count). The van der Waals surface area contributed by atoms with Crippen LogP contribution in [-0.2, 0) is 26.6 Å². The molecule has 3 aromatic rings. The molecular weight excluding hydrogens is 466 g/mol. The molecule has 33 heavy (non-hydrogen) atoms. The molecule has 2 aromatic heterocycles. The van der Waals surface area contributed by atoms with Crippen molar-refractivity contribution in [3.05, 3.63) is 42.4 Å². The predicted molar refractivity (Wildman–Crippen MR) is 123 cm³/mol. The van der Waals surface area contributed by atoms with E-state index in [2.05, 4.69) is 15.5 Å². The lowest BCUT2D eigenvalue weighted by molar-refractivity contribution is -0.115. The Morgan fingerprint density at radius 3 is 2.48 bits per heavy atom. The van der Waals surface area contributed by atoms with E-state index in [0.29, 0.717) is 43.0 Å². The number of carbonyl (C=O) groups excluding carboxylic acids is 1. The van der Waals surface area contributed by atoms with Crippen LogP contribution in [0, 0.1) is 6.92 Å². The van der Waals surface area contributed by atoms with Gasteiger partial charge < -0.3 is 19.0 Å². The van der Waals surface area contributed by atoms with E-state index in [1.54, 1.807) is 25.3 Å². The zero-order valence-corrected chi connectivity index (χ0v) is 20.1. The summed E-state index contributed by atoms with van der Waals surface area (Å²) in [6.07, 6.45) is 1.60. The molecule has 1 aromatic carbocycles. The fourth-order valence-corrected chi connectivity index (χ4v) is 5.59. The summed E-state index contributed by atoms with van der Waals surface area (Å²) in [6.45, 7) is 5.06. The van der Waals surface area contributed by atoms with Crippen molar-refractivity contribution in [2.75, 3.05) is 31.6 Å². The molecule has 0 spiro atoms. The molecule has 1 atom stereocenters. The van der Waals surface area contributed by atoms with E-state index < -0.39 is 15.3 Å². The summed E-state index contributed by atoms with van der Waals surface area (Å²) in [5.74, 6) is 1.17. The van der Waals surface area contributed by atoms with Crippen molar-refractivity contribution in [2.45, 2.75) is 29.1 Å². The third-order valence-corrected chi connectivity index (χ3v) is 8.36. The first-order valence-corrected chi connectivity index (χ1v) is 12.7. The topological polar surface area (TPSA) is 120 Å². The van der Waals surface area contributed by atoms with Gasteiger partial charge in [0.25, 0.3) is 0 Å². The lowest BCUT2D eigenvalue weighted by Gasteiger charge is -2.26. The van der Waals surface area contributed by atoms with Crippen LogP contribution in [-0.4, -0.2) is 64.9 Å². The molecule has 1 N–H and O–H groups in total. The molecule has 0 saturated carbocycles.